The first-order valence-electron chi connectivity index (χ1n) is 23.6. The van der Waals surface area contributed by atoms with Gasteiger partial charge in [0.05, 0.1) is 10.8 Å². The first-order valence-corrected chi connectivity index (χ1v) is 23.6. The summed E-state index contributed by atoms with van der Waals surface area (Å²) in [6.07, 6.45) is 3.52. The van der Waals surface area contributed by atoms with E-state index in [9.17, 15) is 4.39 Å². The van der Waals surface area contributed by atoms with Gasteiger partial charge in [0.15, 0.2) is 0 Å². The number of hydrogen-bond donors (Lipinski definition) is 0. The summed E-state index contributed by atoms with van der Waals surface area (Å²) < 4.78 is 77.1. The van der Waals surface area contributed by atoms with Gasteiger partial charge in [-0.1, -0.05) is 159 Å². The first kappa shape index (κ1) is 44.3. The van der Waals surface area contributed by atoms with Crippen molar-refractivity contribution in [1.82, 2.24) is 0 Å². The summed E-state index contributed by atoms with van der Waals surface area (Å²) in [4.78, 5) is 2.14. The van der Waals surface area contributed by atoms with Gasteiger partial charge in [0.2, 0.25) is 0 Å². The minimum atomic E-state index is -1.18. The standard InChI is InChI=1S/C66H42F5N/c1-3-41-13-21-45(22-14-41)65(47-33-50(68)37-51(69)34-47)61-11-7-5-9-57(61)59-31-29-55(39-63(59)65)72(54-27-19-44(20-28-54)43-17-25-49(67)26-18-43)56-30-32-60-58-10-6-8-12-62(58)66(64(60)40-56,46-23-15-42(4-2)16-24-46)48-35-52(70)38-53(71)36-48/h3-40H,1-2H2. The third kappa shape index (κ3) is 6.89. The summed E-state index contributed by atoms with van der Waals surface area (Å²) in [5.74, 6) is -3.12. The van der Waals surface area contributed by atoms with Crippen LogP contribution >= 0.6 is 0 Å². The highest BCUT2D eigenvalue weighted by molar-refractivity contribution is 5.92. The fourth-order valence-electron chi connectivity index (χ4n) is 11.6. The molecular weight excluding hydrogens is 902 g/mol. The average Bonchev–Trinajstić information content (AvgIpc) is 3.86. The topological polar surface area (TPSA) is 3.24 Å². The van der Waals surface area contributed by atoms with Crippen molar-refractivity contribution in [3.63, 3.8) is 0 Å². The van der Waals surface area contributed by atoms with Crippen LogP contribution in [0.2, 0.25) is 0 Å². The second-order valence-electron chi connectivity index (χ2n) is 18.4. The number of benzene rings is 10. The normalized spacial score (nSPS) is 16.1. The SMILES string of the molecule is C=Cc1ccc(C2(c3cc(F)cc(F)c3)c3ccccc3-c3ccc(N(c4ccc(-c5ccc(F)cc5)cc4)c4ccc5c(c4)C(c4ccc(C=C)cc4)(c4cc(F)cc(F)c4)c4ccccc4-5)cc32)cc1. The Morgan fingerprint density at radius 3 is 1.07 bits per heavy atom. The van der Waals surface area contributed by atoms with Crippen LogP contribution in [-0.2, 0) is 10.8 Å². The number of rotatable bonds is 10. The molecule has 0 radical (unpaired) electrons. The Labute approximate surface area is 414 Å². The Morgan fingerprint density at radius 2 is 0.667 bits per heavy atom. The van der Waals surface area contributed by atoms with Crippen LogP contribution in [-0.4, -0.2) is 0 Å². The van der Waals surface area contributed by atoms with Crippen molar-refractivity contribution in [2.45, 2.75) is 10.8 Å². The van der Waals surface area contributed by atoms with Gasteiger partial charge in [-0.25, -0.2) is 22.0 Å². The van der Waals surface area contributed by atoms with Crippen molar-refractivity contribution in [1.29, 1.82) is 0 Å². The minimum Gasteiger partial charge on any atom is -0.310 e. The highest BCUT2D eigenvalue weighted by Crippen LogP contribution is 2.60. The summed E-state index contributed by atoms with van der Waals surface area (Å²) in [6, 6.07) is 66.1. The van der Waals surface area contributed by atoms with Gasteiger partial charge in [-0.15, -0.1) is 0 Å². The lowest BCUT2D eigenvalue weighted by molar-refractivity contribution is 0.573. The Kier molecular flexibility index (Phi) is 10.6. The molecule has 72 heavy (non-hydrogen) atoms. The third-order valence-electron chi connectivity index (χ3n) is 14.6. The summed E-state index contributed by atoms with van der Waals surface area (Å²) in [7, 11) is 0. The molecule has 0 saturated heterocycles. The highest BCUT2D eigenvalue weighted by atomic mass is 19.1. The van der Waals surface area contributed by atoms with Crippen molar-refractivity contribution in [3.8, 4) is 33.4 Å². The van der Waals surface area contributed by atoms with Gasteiger partial charge in [-0.3, -0.25) is 0 Å². The van der Waals surface area contributed by atoms with E-state index >= 15 is 17.6 Å². The molecule has 2 unspecified atom stereocenters. The van der Waals surface area contributed by atoms with E-state index < -0.39 is 34.1 Å². The summed E-state index contributed by atoms with van der Waals surface area (Å²) >= 11 is 0. The zero-order chi connectivity index (χ0) is 49.3. The fourth-order valence-corrected chi connectivity index (χ4v) is 11.6. The third-order valence-corrected chi connectivity index (χ3v) is 14.6. The van der Waals surface area contributed by atoms with Gasteiger partial charge >= 0.3 is 0 Å². The second-order valence-corrected chi connectivity index (χ2v) is 18.4. The predicted molar refractivity (Wildman–Crippen MR) is 281 cm³/mol. The highest BCUT2D eigenvalue weighted by Gasteiger charge is 2.49. The van der Waals surface area contributed by atoms with Crippen molar-refractivity contribution >= 4 is 29.2 Å². The van der Waals surface area contributed by atoms with Gasteiger partial charge in [0.1, 0.15) is 29.1 Å². The Hall–Kier alpha value is -8.87. The number of halogens is 5. The number of hydrogen-bond acceptors (Lipinski definition) is 1. The molecular formula is C66H42F5N. The molecule has 0 amide bonds. The smallest absolute Gasteiger partial charge is 0.126 e. The quantitative estimate of drug-likeness (QED) is 0.124. The van der Waals surface area contributed by atoms with Crippen LogP contribution in [0.1, 0.15) is 55.6 Å². The molecule has 0 saturated carbocycles. The summed E-state index contributed by atoms with van der Waals surface area (Å²) in [5.41, 5.74) is 12.8. The van der Waals surface area contributed by atoms with Crippen LogP contribution in [0, 0.1) is 29.1 Å². The lowest BCUT2D eigenvalue weighted by Gasteiger charge is -2.36. The molecule has 0 fully saturated rings. The molecule has 0 bridgehead atoms. The van der Waals surface area contributed by atoms with Gasteiger partial charge in [-0.05, 0) is 162 Å². The summed E-state index contributed by atoms with van der Waals surface area (Å²) in [5, 5.41) is 0. The zero-order valence-electron chi connectivity index (χ0n) is 38.7. The molecule has 2 aliphatic rings. The lowest BCUT2D eigenvalue weighted by atomic mass is 9.67. The summed E-state index contributed by atoms with van der Waals surface area (Å²) in [6.45, 7) is 7.96. The van der Waals surface area contributed by atoms with E-state index in [4.69, 9.17) is 0 Å². The molecule has 0 aliphatic heterocycles. The Balaban J connectivity index is 1.14. The predicted octanol–water partition coefficient (Wildman–Crippen LogP) is 17.5. The minimum absolute atomic E-state index is 0.332. The maximum Gasteiger partial charge on any atom is 0.126 e. The van der Waals surface area contributed by atoms with Gasteiger partial charge < -0.3 is 4.90 Å². The van der Waals surface area contributed by atoms with E-state index in [0.29, 0.717) is 11.1 Å². The molecule has 0 N–H and O–H groups in total. The molecule has 1 nitrogen and oxygen atoms in total. The molecule has 0 heterocycles. The van der Waals surface area contributed by atoms with Crippen LogP contribution in [0.15, 0.2) is 232 Å². The lowest BCUT2D eigenvalue weighted by Crippen LogP contribution is -2.29. The average molecular weight is 944 g/mol. The maximum absolute atomic E-state index is 15.7. The van der Waals surface area contributed by atoms with E-state index in [1.54, 1.807) is 24.3 Å². The first-order chi connectivity index (χ1) is 35.1. The zero-order valence-corrected chi connectivity index (χ0v) is 38.7. The fraction of sp³-hybridized carbons (Fsp3) is 0.0303. The molecule has 10 aromatic rings. The molecule has 2 atom stereocenters. The number of nitrogens with zero attached hydrogens (tertiary/aromatic N) is 1. The van der Waals surface area contributed by atoms with Crippen LogP contribution in [0.3, 0.4) is 0 Å². The van der Waals surface area contributed by atoms with E-state index in [1.807, 2.05) is 121 Å². The molecule has 6 heteroatoms. The van der Waals surface area contributed by atoms with Crippen molar-refractivity contribution in [2.24, 2.45) is 0 Å². The van der Waals surface area contributed by atoms with Crippen LogP contribution in [0.5, 0.6) is 0 Å². The molecule has 0 spiro atoms. The van der Waals surface area contributed by atoms with E-state index in [-0.39, 0.29) is 5.82 Å². The number of fused-ring (bicyclic) bond motifs is 6. The molecule has 12 rings (SSSR count). The number of anilines is 3. The van der Waals surface area contributed by atoms with E-state index in [0.717, 1.165) is 107 Å². The van der Waals surface area contributed by atoms with E-state index in [1.165, 1.54) is 36.4 Å². The molecule has 0 aromatic heterocycles. The van der Waals surface area contributed by atoms with Gasteiger partial charge in [-0.2, -0.15) is 0 Å². The maximum atomic E-state index is 15.7. The monoisotopic (exact) mass is 943 g/mol. The molecule has 346 valence electrons. The van der Waals surface area contributed by atoms with Crippen LogP contribution < -0.4 is 4.90 Å². The largest absolute Gasteiger partial charge is 0.310 e. The molecule has 2 aliphatic carbocycles. The van der Waals surface area contributed by atoms with Crippen molar-refractivity contribution < 1.29 is 22.0 Å². The van der Waals surface area contributed by atoms with E-state index in [2.05, 4.69) is 54.5 Å². The van der Waals surface area contributed by atoms with Crippen molar-refractivity contribution in [2.75, 3.05) is 4.90 Å². The van der Waals surface area contributed by atoms with Crippen molar-refractivity contribution in [3.05, 3.63) is 316 Å². The second kappa shape index (κ2) is 17.2. The van der Waals surface area contributed by atoms with Crippen LogP contribution in [0.4, 0.5) is 39.0 Å². The van der Waals surface area contributed by atoms with Crippen LogP contribution in [0.25, 0.3) is 45.5 Å². The van der Waals surface area contributed by atoms with Gasteiger partial charge in [0, 0.05) is 29.2 Å². The Bertz CT molecular complexity index is 3540. The Morgan fingerprint density at radius 1 is 0.306 bits per heavy atom. The molecule has 10 aromatic carbocycles. The van der Waals surface area contributed by atoms with Gasteiger partial charge in [0.25, 0.3) is 0 Å².